The summed E-state index contributed by atoms with van der Waals surface area (Å²) in [4.78, 5) is 0. The van der Waals surface area contributed by atoms with E-state index in [1.54, 1.807) is 0 Å². The van der Waals surface area contributed by atoms with Crippen LogP contribution in [0.5, 0.6) is 5.75 Å². The number of benzene rings is 1. The fourth-order valence-corrected chi connectivity index (χ4v) is 0.616. The van der Waals surface area contributed by atoms with Crippen molar-refractivity contribution in [2.24, 2.45) is 0 Å². The highest BCUT2D eigenvalue weighted by Gasteiger charge is 2.31. The summed E-state index contributed by atoms with van der Waals surface area (Å²) in [6.45, 7) is 0. The van der Waals surface area contributed by atoms with Gasteiger partial charge in [0.2, 0.25) is 0 Å². The van der Waals surface area contributed by atoms with Crippen LogP contribution in [-0.2, 0) is 0 Å². The third-order valence-electron chi connectivity index (χ3n) is 1.05. The van der Waals surface area contributed by atoms with Crippen molar-refractivity contribution in [3.63, 3.8) is 0 Å². The van der Waals surface area contributed by atoms with Crippen LogP contribution in [0.2, 0.25) is 0 Å². The smallest absolute Gasteiger partial charge is 0.405 e. The summed E-state index contributed by atoms with van der Waals surface area (Å²) in [5, 5.41) is 0. The van der Waals surface area contributed by atoms with E-state index in [-0.39, 0.29) is 0 Å². The van der Waals surface area contributed by atoms with Gasteiger partial charge in [0.1, 0.15) is 5.75 Å². The van der Waals surface area contributed by atoms with Gasteiger partial charge < -0.3 is 4.74 Å². The number of ether oxygens (including phenoxy) is 1. The van der Waals surface area contributed by atoms with Crippen molar-refractivity contribution in [1.82, 2.24) is 0 Å². The normalized spacial score (nSPS) is 11.5. The highest BCUT2D eigenvalue weighted by atomic mass is 19.4. The Balaban J connectivity index is 2.86. The molecule has 1 aromatic rings. The molecule has 0 aliphatic rings. The van der Waals surface area contributed by atoms with Gasteiger partial charge in [0.25, 0.3) is 0 Å². The SMILES string of the molecule is Fc1[c]c(OC(F)(F)F)ccc1F. The topological polar surface area (TPSA) is 9.23 Å². The first-order valence-electron chi connectivity index (χ1n) is 3.01. The summed E-state index contributed by atoms with van der Waals surface area (Å²) >= 11 is 0. The predicted octanol–water partition coefficient (Wildman–Crippen LogP) is 2.66. The molecular weight excluding hydrogens is 195 g/mol. The van der Waals surface area contributed by atoms with Crippen LogP contribution in [-0.4, -0.2) is 6.36 Å². The lowest BCUT2D eigenvalue weighted by Crippen LogP contribution is -2.17. The Morgan fingerprint density at radius 3 is 2.23 bits per heavy atom. The van der Waals surface area contributed by atoms with E-state index in [9.17, 15) is 22.0 Å². The third kappa shape index (κ3) is 2.89. The van der Waals surface area contributed by atoms with Crippen molar-refractivity contribution in [2.45, 2.75) is 6.36 Å². The monoisotopic (exact) mass is 197 g/mol. The zero-order valence-corrected chi connectivity index (χ0v) is 5.95. The second kappa shape index (κ2) is 3.20. The average Bonchev–Trinajstić information content (AvgIpc) is 1.94. The number of hydrogen-bond acceptors (Lipinski definition) is 1. The maximum absolute atomic E-state index is 12.3. The summed E-state index contributed by atoms with van der Waals surface area (Å²) < 4.78 is 62.3. The van der Waals surface area contributed by atoms with Gasteiger partial charge in [-0.05, 0) is 12.1 Å². The van der Waals surface area contributed by atoms with Gasteiger partial charge in [-0.15, -0.1) is 13.2 Å². The second-order valence-corrected chi connectivity index (χ2v) is 2.03. The molecule has 1 rings (SSSR count). The summed E-state index contributed by atoms with van der Waals surface area (Å²) in [6.07, 6.45) is -4.93. The largest absolute Gasteiger partial charge is 0.573 e. The molecule has 0 aliphatic heterocycles. The Morgan fingerprint density at radius 2 is 1.77 bits per heavy atom. The number of hydrogen-bond donors (Lipinski definition) is 0. The predicted molar refractivity (Wildman–Crippen MR) is 31.9 cm³/mol. The number of rotatable bonds is 1. The van der Waals surface area contributed by atoms with Gasteiger partial charge >= 0.3 is 6.36 Å². The average molecular weight is 197 g/mol. The van der Waals surface area contributed by atoms with Gasteiger partial charge in [-0.2, -0.15) is 0 Å². The number of alkyl halides is 3. The van der Waals surface area contributed by atoms with E-state index >= 15 is 0 Å². The molecular formula is C7H2F5O. The summed E-state index contributed by atoms with van der Waals surface area (Å²) in [7, 11) is 0. The van der Waals surface area contributed by atoms with E-state index in [1.807, 2.05) is 0 Å². The fourth-order valence-electron chi connectivity index (χ4n) is 0.616. The molecule has 0 bridgehead atoms. The molecule has 71 valence electrons. The van der Waals surface area contributed by atoms with Gasteiger partial charge in [-0.3, -0.25) is 0 Å². The van der Waals surface area contributed by atoms with E-state index < -0.39 is 23.7 Å². The van der Waals surface area contributed by atoms with Gasteiger partial charge in [-0.1, -0.05) is 0 Å². The van der Waals surface area contributed by atoms with E-state index in [1.165, 1.54) is 6.07 Å². The minimum atomic E-state index is -4.93. The number of halogens is 5. The first-order chi connectivity index (χ1) is 5.88. The van der Waals surface area contributed by atoms with Gasteiger partial charge in [0.15, 0.2) is 11.6 Å². The Bertz CT molecular complexity index is 306. The van der Waals surface area contributed by atoms with Crippen LogP contribution in [0.4, 0.5) is 22.0 Å². The Hall–Kier alpha value is -1.33. The molecule has 0 aromatic heterocycles. The van der Waals surface area contributed by atoms with Crippen molar-refractivity contribution >= 4 is 0 Å². The molecule has 0 amide bonds. The second-order valence-electron chi connectivity index (χ2n) is 2.03. The van der Waals surface area contributed by atoms with E-state index in [0.29, 0.717) is 12.1 Å². The molecule has 6 heteroatoms. The van der Waals surface area contributed by atoms with Crippen LogP contribution in [0, 0.1) is 17.7 Å². The third-order valence-corrected chi connectivity index (χ3v) is 1.05. The van der Waals surface area contributed by atoms with Crippen LogP contribution in [0.1, 0.15) is 0 Å². The molecule has 0 aliphatic carbocycles. The minimum absolute atomic E-state index is 0.521. The Morgan fingerprint density at radius 1 is 1.15 bits per heavy atom. The van der Waals surface area contributed by atoms with Gasteiger partial charge in [-0.25, -0.2) is 8.78 Å². The Labute approximate surface area is 69.7 Å². The van der Waals surface area contributed by atoms with Gasteiger partial charge in [0.05, 0.1) is 6.07 Å². The van der Waals surface area contributed by atoms with Crippen LogP contribution >= 0.6 is 0 Å². The molecule has 0 unspecified atom stereocenters. The van der Waals surface area contributed by atoms with E-state index in [0.717, 1.165) is 0 Å². The zero-order chi connectivity index (χ0) is 10.1. The summed E-state index contributed by atoms with van der Waals surface area (Å²) in [5.41, 5.74) is 0. The lowest BCUT2D eigenvalue weighted by Gasteiger charge is -2.07. The lowest BCUT2D eigenvalue weighted by molar-refractivity contribution is -0.274. The molecule has 0 spiro atoms. The van der Waals surface area contributed by atoms with E-state index in [4.69, 9.17) is 0 Å². The lowest BCUT2D eigenvalue weighted by atomic mass is 10.3. The summed E-state index contributed by atoms with van der Waals surface area (Å²) in [5.74, 6) is -3.71. The molecule has 1 radical (unpaired) electrons. The van der Waals surface area contributed by atoms with Crippen LogP contribution in [0.3, 0.4) is 0 Å². The van der Waals surface area contributed by atoms with Crippen LogP contribution in [0.15, 0.2) is 12.1 Å². The van der Waals surface area contributed by atoms with E-state index in [2.05, 4.69) is 4.74 Å². The van der Waals surface area contributed by atoms with Crippen molar-refractivity contribution in [1.29, 1.82) is 0 Å². The highest BCUT2D eigenvalue weighted by molar-refractivity contribution is 5.22. The van der Waals surface area contributed by atoms with Crippen molar-refractivity contribution in [3.8, 4) is 5.75 Å². The standard InChI is InChI=1S/C7H2F5O/c8-5-2-1-4(3-6(5)9)13-7(10,11)12/h1-2H. The van der Waals surface area contributed by atoms with Crippen molar-refractivity contribution in [2.75, 3.05) is 0 Å². The highest BCUT2D eigenvalue weighted by Crippen LogP contribution is 2.23. The molecule has 0 atom stereocenters. The fraction of sp³-hybridized carbons (Fsp3) is 0.143. The first-order valence-corrected chi connectivity index (χ1v) is 3.01. The molecule has 1 nitrogen and oxygen atoms in total. The maximum Gasteiger partial charge on any atom is 0.573 e. The van der Waals surface area contributed by atoms with Crippen LogP contribution < -0.4 is 4.74 Å². The molecule has 0 saturated heterocycles. The first kappa shape index (κ1) is 9.76. The Kier molecular flexibility index (Phi) is 2.40. The van der Waals surface area contributed by atoms with Gasteiger partial charge in [0, 0.05) is 0 Å². The quantitative estimate of drug-likeness (QED) is 0.629. The molecule has 1 aromatic carbocycles. The molecule has 0 heterocycles. The van der Waals surface area contributed by atoms with Crippen molar-refractivity contribution in [3.05, 3.63) is 29.8 Å². The zero-order valence-electron chi connectivity index (χ0n) is 5.95. The molecule has 0 saturated carbocycles. The minimum Gasteiger partial charge on any atom is -0.405 e. The molecule has 0 N–H and O–H groups in total. The van der Waals surface area contributed by atoms with Crippen molar-refractivity contribution < 1.29 is 26.7 Å². The molecule has 0 fully saturated rings. The summed E-state index contributed by atoms with van der Waals surface area (Å²) in [6, 6.07) is 2.60. The molecule has 13 heavy (non-hydrogen) atoms. The maximum atomic E-state index is 12.3. The van der Waals surface area contributed by atoms with Crippen LogP contribution in [0.25, 0.3) is 0 Å².